The molecule has 0 unspecified atom stereocenters. The number of pyridine rings is 1. The lowest BCUT2D eigenvalue weighted by Gasteiger charge is -2.22. The summed E-state index contributed by atoms with van der Waals surface area (Å²) in [5, 5.41) is 2.82. The van der Waals surface area contributed by atoms with Gasteiger partial charge in [-0.1, -0.05) is 6.07 Å². The third kappa shape index (κ3) is 4.07. The quantitative estimate of drug-likeness (QED) is 0.589. The van der Waals surface area contributed by atoms with E-state index >= 15 is 0 Å². The van der Waals surface area contributed by atoms with Crippen LogP contribution < -0.4 is 0 Å². The van der Waals surface area contributed by atoms with Crippen LogP contribution in [-0.2, 0) is 13.0 Å². The molecule has 4 nitrogen and oxygen atoms in total. The Morgan fingerprint density at radius 1 is 1.33 bits per heavy atom. The number of thiophene rings is 1. The van der Waals surface area contributed by atoms with Crippen LogP contribution in [0.25, 0.3) is 0 Å². The van der Waals surface area contributed by atoms with Crippen molar-refractivity contribution >= 4 is 29.0 Å². The summed E-state index contributed by atoms with van der Waals surface area (Å²) in [7, 11) is 0. The van der Waals surface area contributed by atoms with Gasteiger partial charge in [0.1, 0.15) is 5.03 Å². The maximum Gasteiger partial charge on any atom is 0.256 e. The largest absolute Gasteiger partial charge is 0.472 e. The predicted octanol–water partition coefficient (Wildman–Crippen LogP) is 4.34. The fourth-order valence-electron chi connectivity index (χ4n) is 2.44. The summed E-state index contributed by atoms with van der Waals surface area (Å²) in [4.78, 5) is 20.5. The standard InChI is InChI=1S/C18H18N2O2S2/c1-23-17-16(5-2-8-19-17)18(21)20(12-14-7-10-22-13-14)9-6-15-4-3-11-24-15/h2-5,7-8,10-11,13H,6,9,12H2,1H3. The average molecular weight is 358 g/mol. The molecular weight excluding hydrogens is 340 g/mol. The zero-order valence-corrected chi connectivity index (χ0v) is 15.0. The van der Waals surface area contributed by atoms with E-state index in [-0.39, 0.29) is 5.91 Å². The lowest BCUT2D eigenvalue weighted by Crippen LogP contribution is -2.32. The second kappa shape index (κ2) is 8.17. The van der Waals surface area contributed by atoms with Crippen molar-refractivity contribution in [1.29, 1.82) is 0 Å². The molecule has 0 bridgehead atoms. The minimum atomic E-state index is 0.00482. The summed E-state index contributed by atoms with van der Waals surface area (Å²) >= 11 is 3.21. The molecule has 1 amide bonds. The number of hydrogen-bond donors (Lipinski definition) is 0. The van der Waals surface area contributed by atoms with Crippen LogP contribution in [0.3, 0.4) is 0 Å². The number of carbonyl (C=O) groups excluding carboxylic acids is 1. The van der Waals surface area contributed by atoms with Crippen LogP contribution in [-0.4, -0.2) is 28.6 Å². The van der Waals surface area contributed by atoms with Crippen molar-refractivity contribution in [2.24, 2.45) is 0 Å². The highest BCUT2D eigenvalue weighted by molar-refractivity contribution is 7.98. The number of hydrogen-bond acceptors (Lipinski definition) is 5. The van der Waals surface area contributed by atoms with Gasteiger partial charge in [0, 0.05) is 29.7 Å². The fourth-order valence-corrected chi connectivity index (χ4v) is 3.68. The highest BCUT2D eigenvalue weighted by atomic mass is 32.2. The first kappa shape index (κ1) is 16.8. The summed E-state index contributed by atoms with van der Waals surface area (Å²) in [6, 6.07) is 9.68. The lowest BCUT2D eigenvalue weighted by atomic mass is 10.2. The zero-order chi connectivity index (χ0) is 16.8. The van der Waals surface area contributed by atoms with Crippen LogP contribution in [0.4, 0.5) is 0 Å². The monoisotopic (exact) mass is 358 g/mol. The third-order valence-corrected chi connectivity index (χ3v) is 5.29. The van der Waals surface area contributed by atoms with E-state index in [9.17, 15) is 4.79 Å². The molecule has 0 atom stereocenters. The predicted molar refractivity (Wildman–Crippen MR) is 97.5 cm³/mol. The van der Waals surface area contributed by atoms with Crippen LogP contribution >= 0.6 is 23.1 Å². The van der Waals surface area contributed by atoms with E-state index in [2.05, 4.69) is 16.4 Å². The van der Waals surface area contributed by atoms with E-state index in [4.69, 9.17) is 4.42 Å². The molecule has 0 aliphatic carbocycles. The molecule has 0 aliphatic heterocycles. The minimum absolute atomic E-state index is 0.00482. The van der Waals surface area contributed by atoms with Crippen molar-refractivity contribution in [3.05, 3.63) is 70.4 Å². The molecule has 0 aliphatic rings. The topological polar surface area (TPSA) is 46.3 Å². The maximum absolute atomic E-state index is 13.1. The Hall–Kier alpha value is -2.05. The Bertz CT molecular complexity index is 770. The molecule has 0 radical (unpaired) electrons. The highest BCUT2D eigenvalue weighted by Gasteiger charge is 2.20. The second-order valence-electron chi connectivity index (χ2n) is 5.25. The Labute approximate surface area is 149 Å². The van der Waals surface area contributed by atoms with E-state index in [0.717, 1.165) is 17.0 Å². The molecule has 0 saturated carbocycles. The summed E-state index contributed by atoms with van der Waals surface area (Å²) in [6.07, 6.45) is 7.81. The van der Waals surface area contributed by atoms with Crippen molar-refractivity contribution in [1.82, 2.24) is 9.88 Å². The highest BCUT2D eigenvalue weighted by Crippen LogP contribution is 2.20. The van der Waals surface area contributed by atoms with Gasteiger partial charge in [-0.25, -0.2) is 4.98 Å². The summed E-state index contributed by atoms with van der Waals surface area (Å²) < 4.78 is 5.14. The van der Waals surface area contributed by atoms with Gasteiger partial charge in [-0.3, -0.25) is 4.79 Å². The molecule has 24 heavy (non-hydrogen) atoms. The molecule has 3 aromatic rings. The molecule has 0 aromatic carbocycles. The van der Waals surface area contributed by atoms with Crippen molar-refractivity contribution in [3.8, 4) is 0 Å². The Kier molecular flexibility index (Phi) is 5.72. The summed E-state index contributed by atoms with van der Waals surface area (Å²) in [5.74, 6) is 0.00482. The van der Waals surface area contributed by atoms with E-state index in [0.29, 0.717) is 18.7 Å². The normalized spacial score (nSPS) is 10.7. The first-order valence-corrected chi connectivity index (χ1v) is 9.70. The van der Waals surface area contributed by atoms with Crippen LogP contribution in [0.5, 0.6) is 0 Å². The maximum atomic E-state index is 13.1. The van der Waals surface area contributed by atoms with Gasteiger partial charge in [-0.15, -0.1) is 23.1 Å². The summed E-state index contributed by atoms with van der Waals surface area (Å²) in [6.45, 7) is 1.19. The van der Waals surface area contributed by atoms with E-state index in [1.165, 1.54) is 16.6 Å². The van der Waals surface area contributed by atoms with E-state index in [1.54, 1.807) is 30.1 Å². The number of thioether (sulfide) groups is 1. The molecule has 124 valence electrons. The minimum Gasteiger partial charge on any atom is -0.472 e. The summed E-state index contributed by atoms with van der Waals surface area (Å²) in [5.41, 5.74) is 1.64. The number of rotatable bonds is 7. The van der Waals surface area contributed by atoms with Crippen LogP contribution in [0.15, 0.2) is 63.9 Å². The number of carbonyl (C=O) groups is 1. The molecule has 3 aromatic heterocycles. The first-order valence-electron chi connectivity index (χ1n) is 7.59. The molecule has 0 spiro atoms. The van der Waals surface area contributed by atoms with Gasteiger partial charge >= 0.3 is 0 Å². The van der Waals surface area contributed by atoms with Gasteiger partial charge < -0.3 is 9.32 Å². The Balaban J connectivity index is 1.80. The van der Waals surface area contributed by atoms with Crippen molar-refractivity contribution in [3.63, 3.8) is 0 Å². The molecule has 0 fully saturated rings. The molecule has 3 heterocycles. The van der Waals surface area contributed by atoms with Gasteiger partial charge in [0.25, 0.3) is 5.91 Å². The van der Waals surface area contributed by atoms with E-state index in [1.807, 2.05) is 35.4 Å². The lowest BCUT2D eigenvalue weighted by molar-refractivity contribution is 0.0741. The number of furan rings is 1. The van der Waals surface area contributed by atoms with Gasteiger partial charge in [0.05, 0.1) is 18.1 Å². The zero-order valence-electron chi connectivity index (χ0n) is 13.3. The number of amides is 1. The van der Waals surface area contributed by atoms with Crippen LogP contribution in [0, 0.1) is 0 Å². The van der Waals surface area contributed by atoms with E-state index < -0.39 is 0 Å². The fraction of sp³-hybridized carbons (Fsp3) is 0.222. The smallest absolute Gasteiger partial charge is 0.256 e. The molecular formula is C18H18N2O2S2. The molecule has 0 saturated heterocycles. The molecule has 6 heteroatoms. The molecule has 0 N–H and O–H groups in total. The first-order chi connectivity index (χ1) is 11.8. The average Bonchev–Trinajstić information content (AvgIpc) is 3.31. The van der Waals surface area contributed by atoms with Gasteiger partial charge in [-0.2, -0.15) is 0 Å². The van der Waals surface area contributed by atoms with Gasteiger partial charge in [-0.05, 0) is 42.3 Å². The Morgan fingerprint density at radius 2 is 2.25 bits per heavy atom. The van der Waals surface area contributed by atoms with Gasteiger partial charge in [0.2, 0.25) is 0 Å². The second-order valence-corrected chi connectivity index (χ2v) is 7.08. The van der Waals surface area contributed by atoms with Crippen LogP contribution in [0.1, 0.15) is 20.8 Å². The third-order valence-electron chi connectivity index (χ3n) is 3.64. The number of nitrogens with zero attached hydrogens (tertiary/aromatic N) is 2. The Morgan fingerprint density at radius 3 is 2.96 bits per heavy atom. The van der Waals surface area contributed by atoms with Crippen molar-refractivity contribution in [2.75, 3.05) is 12.8 Å². The van der Waals surface area contributed by atoms with Crippen LogP contribution in [0.2, 0.25) is 0 Å². The SMILES string of the molecule is CSc1ncccc1C(=O)N(CCc1cccs1)Cc1ccoc1. The molecule has 3 rings (SSSR count). The van der Waals surface area contributed by atoms with Crippen molar-refractivity contribution < 1.29 is 9.21 Å². The number of aromatic nitrogens is 1. The van der Waals surface area contributed by atoms with Gasteiger partial charge in [0.15, 0.2) is 0 Å². The van der Waals surface area contributed by atoms with Crippen molar-refractivity contribution in [2.45, 2.75) is 18.0 Å².